The number of rotatable bonds is 6. The molecule has 1 nitrogen and oxygen atoms in total. The minimum absolute atomic E-state index is 0.202. The van der Waals surface area contributed by atoms with E-state index in [9.17, 15) is 4.79 Å². The van der Waals surface area contributed by atoms with Crippen molar-refractivity contribution in [2.24, 2.45) is 0 Å². The molecule has 1 rings (SSSR count). The van der Waals surface area contributed by atoms with E-state index in [1.54, 1.807) is 18.2 Å². The largest absolute Gasteiger partial charge is 0.294 e. The van der Waals surface area contributed by atoms with Gasteiger partial charge >= 0.3 is 0 Å². The Morgan fingerprint density at radius 3 is 2.69 bits per heavy atom. The van der Waals surface area contributed by atoms with Crippen LogP contribution in [-0.2, 0) is 0 Å². The summed E-state index contributed by atoms with van der Waals surface area (Å²) in [7, 11) is 0. The van der Waals surface area contributed by atoms with E-state index >= 15 is 0 Å². The zero-order valence-corrected chi connectivity index (χ0v) is 11.8. The molecule has 0 saturated carbocycles. The third kappa shape index (κ3) is 4.26. The molecule has 0 amide bonds. The Morgan fingerprint density at radius 1 is 1.31 bits per heavy atom. The van der Waals surface area contributed by atoms with Gasteiger partial charge in [0.1, 0.15) is 0 Å². The Kier molecular flexibility index (Phi) is 6.07. The van der Waals surface area contributed by atoms with Gasteiger partial charge in [0.25, 0.3) is 0 Å². The number of ketones is 1. The van der Waals surface area contributed by atoms with E-state index in [-0.39, 0.29) is 5.78 Å². The molecule has 0 aliphatic heterocycles. The van der Waals surface area contributed by atoms with Gasteiger partial charge in [0, 0.05) is 16.5 Å². The van der Waals surface area contributed by atoms with Gasteiger partial charge in [-0.15, -0.1) is 0 Å². The Labute approximate surface area is 110 Å². The van der Waals surface area contributed by atoms with Crippen molar-refractivity contribution in [1.82, 2.24) is 0 Å². The van der Waals surface area contributed by atoms with Gasteiger partial charge in [0.2, 0.25) is 0 Å². The molecule has 0 N–H and O–H groups in total. The third-order valence-electron chi connectivity index (χ3n) is 2.50. The first kappa shape index (κ1) is 13.7. The van der Waals surface area contributed by atoms with Crippen molar-refractivity contribution < 1.29 is 4.79 Å². The van der Waals surface area contributed by atoms with Crippen molar-refractivity contribution in [2.75, 3.05) is 0 Å². The Bertz CT molecular complexity index is 363. The predicted octanol–water partition coefficient (Wildman–Crippen LogP) is 5.26. The summed E-state index contributed by atoms with van der Waals surface area (Å²) in [6, 6.07) is 5.34. The summed E-state index contributed by atoms with van der Waals surface area (Å²) in [4.78, 5) is 11.8. The topological polar surface area (TPSA) is 17.1 Å². The number of Topliss-reactive ketones (excluding diaryl/α,β-unsaturated/α-hetero) is 1. The highest BCUT2D eigenvalue weighted by Gasteiger charge is 2.07. The first-order valence-corrected chi connectivity index (χ1v) is 6.80. The van der Waals surface area contributed by atoms with E-state index in [1.807, 2.05) is 0 Å². The highest BCUT2D eigenvalue weighted by Crippen LogP contribution is 2.24. The Morgan fingerprint density at radius 2 is 2.06 bits per heavy atom. The average Bonchev–Trinajstić information content (AvgIpc) is 2.28. The number of halogens is 2. The van der Waals surface area contributed by atoms with Gasteiger partial charge in [-0.2, -0.15) is 0 Å². The molecule has 3 heteroatoms. The van der Waals surface area contributed by atoms with Gasteiger partial charge in [0.05, 0.1) is 5.02 Å². The van der Waals surface area contributed by atoms with Crippen LogP contribution in [0.1, 0.15) is 49.4 Å². The maximum Gasteiger partial charge on any atom is 0.162 e. The second-order valence-corrected chi connectivity index (χ2v) is 5.12. The Hall–Kier alpha value is -0.340. The molecular formula is C13H16BrClO. The van der Waals surface area contributed by atoms with Crippen LogP contribution in [0.4, 0.5) is 0 Å². The van der Waals surface area contributed by atoms with E-state index in [2.05, 4.69) is 22.9 Å². The normalized spacial score (nSPS) is 10.4. The molecule has 0 heterocycles. The standard InChI is InChI=1S/C13H16BrClO/c1-2-3-4-5-6-13(16)10-7-8-12(15)11(14)9-10/h7-9H,2-6H2,1H3. The smallest absolute Gasteiger partial charge is 0.162 e. The average molecular weight is 304 g/mol. The summed E-state index contributed by atoms with van der Waals surface area (Å²) in [6.07, 6.45) is 5.15. The third-order valence-corrected chi connectivity index (χ3v) is 3.71. The summed E-state index contributed by atoms with van der Waals surface area (Å²) < 4.78 is 0.786. The molecule has 16 heavy (non-hydrogen) atoms. The molecule has 0 atom stereocenters. The van der Waals surface area contributed by atoms with Crippen LogP contribution >= 0.6 is 27.5 Å². The molecule has 0 unspecified atom stereocenters. The maximum absolute atomic E-state index is 11.8. The minimum atomic E-state index is 0.202. The van der Waals surface area contributed by atoms with E-state index in [1.165, 1.54) is 12.8 Å². The quantitative estimate of drug-likeness (QED) is 0.518. The molecule has 88 valence electrons. The first-order chi connectivity index (χ1) is 7.65. The summed E-state index contributed by atoms with van der Waals surface area (Å²) in [6.45, 7) is 2.16. The van der Waals surface area contributed by atoms with E-state index in [0.29, 0.717) is 11.4 Å². The van der Waals surface area contributed by atoms with Crippen molar-refractivity contribution >= 4 is 33.3 Å². The fourth-order valence-electron chi connectivity index (χ4n) is 1.53. The molecule has 0 spiro atoms. The molecule has 0 bridgehead atoms. The number of benzene rings is 1. The lowest BCUT2D eigenvalue weighted by atomic mass is 10.0. The van der Waals surface area contributed by atoms with Gasteiger partial charge in [-0.3, -0.25) is 4.79 Å². The van der Waals surface area contributed by atoms with Gasteiger partial charge < -0.3 is 0 Å². The van der Waals surface area contributed by atoms with Gasteiger partial charge in [-0.25, -0.2) is 0 Å². The molecule has 1 aromatic carbocycles. The lowest BCUT2D eigenvalue weighted by Gasteiger charge is -2.02. The number of carbonyl (C=O) groups excluding carboxylic acids is 1. The maximum atomic E-state index is 11.8. The van der Waals surface area contributed by atoms with Gasteiger partial charge in [-0.05, 0) is 40.5 Å². The molecule has 0 aromatic heterocycles. The highest BCUT2D eigenvalue weighted by molar-refractivity contribution is 9.10. The van der Waals surface area contributed by atoms with Gasteiger partial charge in [-0.1, -0.05) is 37.8 Å². The van der Waals surface area contributed by atoms with Crippen LogP contribution in [0.5, 0.6) is 0 Å². The van der Waals surface area contributed by atoms with E-state index in [4.69, 9.17) is 11.6 Å². The molecule has 0 radical (unpaired) electrons. The molecular weight excluding hydrogens is 287 g/mol. The molecule has 0 fully saturated rings. The molecule has 1 aromatic rings. The van der Waals surface area contributed by atoms with Gasteiger partial charge in [0.15, 0.2) is 5.78 Å². The van der Waals surface area contributed by atoms with Crippen molar-refractivity contribution in [2.45, 2.75) is 39.0 Å². The fraction of sp³-hybridized carbons (Fsp3) is 0.462. The lowest BCUT2D eigenvalue weighted by molar-refractivity contribution is 0.0979. The SMILES string of the molecule is CCCCCCC(=O)c1ccc(Cl)c(Br)c1. The number of carbonyl (C=O) groups is 1. The second kappa shape index (κ2) is 7.08. The van der Waals surface area contributed by atoms with Crippen molar-refractivity contribution in [3.63, 3.8) is 0 Å². The second-order valence-electron chi connectivity index (χ2n) is 3.86. The van der Waals surface area contributed by atoms with E-state index < -0.39 is 0 Å². The summed E-state index contributed by atoms with van der Waals surface area (Å²) in [5, 5.41) is 0.641. The van der Waals surface area contributed by atoms with Crippen LogP contribution in [-0.4, -0.2) is 5.78 Å². The monoisotopic (exact) mass is 302 g/mol. The van der Waals surface area contributed by atoms with Crippen LogP contribution in [0.2, 0.25) is 5.02 Å². The predicted molar refractivity (Wildman–Crippen MR) is 72.2 cm³/mol. The van der Waals surface area contributed by atoms with Crippen LogP contribution in [0.3, 0.4) is 0 Å². The fourth-order valence-corrected chi connectivity index (χ4v) is 2.02. The number of hydrogen-bond donors (Lipinski definition) is 0. The van der Waals surface area contributed by atoms with Crippen LogP contribution in [0, 0.1) is 0 Å². The van der Waals surface area contributed by atoms with Crippen molar-refractivity contribution in [3.8, 4) is 0 Å². The molecule has 0 saturated heterocycles. The zero-order chi connectivity index (χ0) is 12.0. The Balaban J connectivity index is 2.50. The van der Waals surface area contributed by atoms with Crippen molar-refractivity contribution in [3.05, 3.63) is 33.3 Å². The highest BCUT2D eigenvalue weighted by atomic mass is 79.9. The number of hydrogen-bond acceptors (Lipinski definition) is 1. The zero-order valence-electron chi connectivity index (χ0n) is 9.43. The van der Waals surface area contributed by atoms with Crippen LogP contribution < -0.4 is 0 Å². The molecule has 0 aliphatic carbocycles. The van der Waals surface area contributed by atoms with Crippen molar-refractivity contribution in [1.29, 1.82) is 0 Å². The minimum Gasteiger partial charge on any atom is -0.294 e. The summed E-state index contributed by atoms with van der Waals surface area (Å²) in [5.74, 6) is 0.202. The number of unbranched alkanes of at least 4 members (excludes halogenated alkanes) is 3. The molecule has 0 aliphatic rings. The van der Waals surface area contributed by atoms with Crippen LogP contribution in [0.15, 0.2) is 22.7 Å². The summed E-state index contributed by atoms with van der Waals surface area (Å²) >= 11 is 9.20. The first-order valence-electron chi connectivity index (χ1n) is 5.63. The lowest BCUT2D eigenvalue weighted by Crippen LogP contribution is -1.98. The van der Waals surface area contributed by atoms with Crippen LogP contribution in [0.25, 0.3) is 0 Å². The summed E-state index contributed by atoms with van der Waals surface area (Å²) in [5.41, 5.74) is 0.743. The van der Waals surface area contributed by atoms with E-state index in [0.717, 1.165) is 22.9 Å².